The molecule has 15 heavy (non-hydrogen) atoms. The van der Waals surface area contributed by atoms with Crippen LogP contribution < -0.4 is 0 Å². The number of phenolic OH excluding ortho intramolecular Hbond substituents is 1. The van der Waals surface area contributed by atoms with E-state index in [1.165, 1.54) is 12.1 Å². The second kappa shape index (κ2) is 4.82. The minimum absolute atomic E-state index is 0.0105. The first kappa shape index (κ1) is 11.6. The minimum Gasteiger partial charge on any atom is -0.508 e. The number of aromatic hydroxyl groups is 1. The van der Waals surface area contributed by atoms with Crippen LogP contribution in [-0.2, 0) is 0 Å². The zero-order chi connectivity index (χ0) is 11.4. The molecule has 3 heteroatoms. The van der Waals surface area contributed by atoms with Crippen molar-refractivity contribution in [2.75, 3.05) is 13.6 Å². The summed E-state index contributed by atoms with van der Waals surface area (Å²) in [5, 5.41) is 9.10. The molecule has 1 aromatic carbocycles. The third kappa shape index (κ3) is 3.27. The number of nitrogens with zero attached hydrogens (tertiary/aromatic N) is 1. The van der Waals surface area contributed by atoms with E-state index in [1.54, 1.807) is 24.1 Å². The van der Waals surface area contributed by atoms with Crippen molar-refractivity contribution in [2.45, 2.75) is 13.8 Å². The average Bonchev–Trinajstić information content (AvgIpc) is 2.17. The van der Waals surface area contributed by atoms with E-state index >= 15 is 0 Å². The first-order valence-electron chi connectivity index (χ1n) is 5.05. The van der Waals surface area contributed by atoms with Crippen molar-refractivity contribution >= 4 is 5.91 Å². The Balaban J connectivity index is 2.72. The van der Waals surface area contributed by atoms with Crippen molar-refractivity contribution in [3.8, 4) is 5.75 Å². The van der Waals surface area contributed by atoms with Crippen LogP contribution in [0, 0.1) is 5.92 Å². The zero-order valence-corrected chi connectivity index (χ0v) is 9.40. The van der Waals surface area contributed by atoms with Gasteiger partial charge in [-0.2, -0.15) is 0 Å². The van der Waals surface area contributed by atoms with Gasteiger partial charge in [-0.25, -0.2) is 0 Å². The molecule has 0 unspecified atom stereocenters. The Morgan fingerprint density at radius 2 is 1.87 bits per heavy atom. The summed E-state index contributed by atoms with van der Waals surface area (Å²) < 4.78 is 0. The molecule has 0 fully saturated rings. The lowest BCUT2D eigenvalue weighted by molar-refractivity contribution is 0.0779. The highest BCUT2D eigenvalue weighted by molar-refractivity contribution is 5.94. The smallest absolute Gasteiger partial charge is 0.253 e. The van der Waals surface area contributed by atoms with Gasteiger partial charge in [0.05, 0.1) is 0 Å². The first-order chi connectivity index (χ1) is 7.00. The predicted molar refractivity (Wildman–Crippen MR) is 59.9 cm³/mol. The topological polar surface area (TPSA) is 40.5 Å². The molecule has 0 aromatic heterocycles. The van der Waals surface area contributed by atoms with Crippen LogP contribution in [0.5, 0.6) is 5.75 Å². The Hall–Kier alpha value is -1.51. The standard InChI is InChI=1S/C12H17NO2/c1-9(2)8-13(3)12(15)10-4-6-11(14)7-5-10/h4-7,9,14H,8H2,1-3H3. The van der Waals surface area contributed by atoms with Crippen LogP contribution in [0.25, 0.3) is 0 Å². The molecular formula is C12H17NO2. The molecular weight excluding hydrogens is 190 g/mol. The Labute approximate surface area is 90.3 Å². The fourth-order valence-electron chi connectivity index (χ4n) is 1.46. The maximum Gasteiger partial charge on any atom is 0.253 e. The van der Waals surface area contributed by atoms with Gasteiger partial charge in [-0.3, -0.25) is 4.79 Å². The van der Waals surface area contributed by atoms with Crippen LogP contribution in [0.3, 0.4) is 0 Å². The molecule has 82 valence electrons. The lowest BCUT2D eigenvalue weighted by Gasteiger charge is -2.19. The monoisotopic (exact) mass is 207 g/mol. The molecule has 0 heterocycles. The van der Waals surface area contributed by atoms with Crippen LogP contribution in [0.2, 0.25) is 0 Å². The molecule has 1 aromatic rings. The largest absolute Gasteiger partial charge is 0.508 e. The van der Waals surface area contributed by atoms with Crippen molar-refractivity contribution in [2.24, 2.45) is 5.92 Å². The number of hydrogen-bond donors (Lipinski definition) is 1. The van der Waals surface area contributed by atoms with E-state index < -0.39 is 0 Å². The Morgan fingerprint density at radius 3 is 2.33 bits per heavy atom. The third-order valence-electron chi connectivity index (χ3n) is 2.10. The lowest BCUT2D eigenvalue weighted by Crippen LogP contribution is -2.30. The van der Waals surface area contributed by atoms with Crippen molar-refractivity contribution in [1.29, 1.82) is 0 Å². The molecule has 0 saturated carbocycles. The number of benzene rings is 1. The molecule has 0 radical (unpaired) electrons. The van der Waals surface area contributed by atoms with Gasteiger partial charge in [0.2, 0.25) is 0 Å². The SMILES string of the molecule is CC(C)CN(C)C(=O)c1ccc(O)cc1. The van der Waals surface area contributed by atoms with Gasteiger partial charge in [-0.15, -0.1) is 0 Å². The van der Waals surface area contributed by atoms with Gasteiger partial charge in [0.1, 0.15) is 5.75 Å². The van der Waals surface area contributed by atoms with E-state index in [9.17, 15) is 4.79 Å². The summed E-state index contributed by atoms with van der Waals surface area (Å²) in [5.74, 6) is 0.623. The minimum atomic E-state index is -0.0105. The third-order valence-corrected chi connectivity index (χ3v) is 2.10. The number of amides is 1. The molecule has 1 amide bonds. The van der Waals surface area contributed by atoms with E-state index in [2.05, 4.69) is 13.8 Å². The summed E-state index contributed by atoms with van der Waals surface area (Å²) in [5.41, 5.74) is 0.607. The molecule has 0 spiro atoms. The number of phenols is 1. The molecule has 0 saturated heterocycles. The van der Waals surface area contributed by atoms with E-state index in [0.717, 1.165) is 6.54 Å². The fraction of sp³-hybridized carbons (Fsp3) is 0.417. The summed E-state index contributed by atoms with van der Waals surface area (Å²) in [6.45, 7) is 4.88. The highest BCUT2D eigenvalue weighted by atomic mass is 16.3. The van der Waals surface area contributed by atoms with E-state index in [-0.39, 0.29) is 11.7 Å². The molecule has 1 N–H and O–H groups in total. The highest BCUT2D eigenvalue weighted by Gasteiger charge is 2.12. The van der Waals surface area contributed by atoms with E-state index in [4.69, 9.17) is 5.11 Å². The molecule has 0 aliphatic carbocycles. The number of hydrogen-bond acceptors (Lipinski definition) is 2. The quantitative estimate of drug-likeness (QED) is 0.824. The highest BCUT2D eigenvalue weighted by Crippen LogP contribution is 2.11. The van der Waals surface area contributed by atoms with Gasteiger partial charge in [0.25, 0.3) is 5.91 Å². The summed E-state index contributed by atoms with van der Waals surface area (Å²) in [6, 6.07) is 6.32. The second-order valence-electron chi connectivity index (χ2n) is 4.13. The van der Waals surface area contributed by atoms with Crippen molar-refractivity contribution < 1.29 is 9.90 Å². The maximum absolute atomic E-state index is 11.8. The zero-order valence-electron chi connectivity index (χ0n) is 9.40. The van der Waals surface area contributed by atoms with Crippen LogP contribution >= 0.6 is 0 Å². The number of carbonyl (C=O) groups excluding carboxylic acids is 1. The Morgan fingerprint density at radius 1 is 1.33 bits per heavy atom. The number of rotatable bonds is 3. The molecule has 0 aliphatic heterocycles. The number of carbonyl (C=O) groups is 1. The molecule has 3 nitrogen and oxygen atoms in total. The molecule has 0 atom stereocenters. The van der Waals surface area contributed by atoms with Crippen LogP contribution in [0.4, 0.5) is 0 Å². The Bertz CT molecular complexity index is 330. The van der Waals surface area contributed by atoms with Gasteiger partial charge in [0, 0.05) is 19.2 Å². The summed E-state index contributed by atoms with van der Waals surface area (Å²) >= 11 is 0. The summed E-state index contributed by atoms with van der Waals surface area (Å²) in [6.07, 6.45) is 0. The van der Waals surface area contributed by atoms with Gasteiger partial charge < -0.3 is 10.0 Å². The summed E-state index contributed by atoms with van der Waals surface area (Å²) in [7, 11) is 1.79. The van der Waals surface area contributed by atoms with Crippen molar-refractivity contribution in [3.63, 3.8) is 0 Å². The van der Waals surface area contributed by atoms with E-state index in [1.807, 2.05) is 0 Å². The van der Waals surface area contributed by atoms with Gasteiger partial charge in [0.15, 0.2) is 0 Å². The maximum atomic E-state index is 11.8. The van der Waals surface area contributed by atoms with Crippen LogP contribution in [-0.4, -0.2) is 29.5 Å². The molecule has 0 bridgehead atoms. The second-order valence-corrected chi connectivity index (χ2v) is 4.13. The van der Waals surface area contributed by atoms with Gasteiger partial charge in [-0.05, 0) is 30.2 Å². The average molecular weight is 207 g/mol. The first-order valence-corrected chi connectivity index (χ1v) is 5.05. The fourth-order valence-corrected chi connectivity index (χ4v) is 1.46. The van der Waals surface area contributed by atoms with Crippen LogP contribution in [0.1, 0.15) is 24.2 Å². The normalized spacial score (nSPS) is 10.4. The van der Waals surface area contributed by atoms with Crippen molar-refractivity contribution in [1.82, 2.24) is 4.90 Å². The Kier molecular flexibility index (Phi) is 3.72. The molecule has 1 rings (SSSR count). The predicted octanol–water partition coefficient (Wildman–Crippen LogP) is 2.12. The summed E-state index contributed by atoms with van der Waals surface area (Å²) in [4.78, 5) is 13.5. The van der Waals surface area contributed by atoms with Gasteiger partial charge >= 0.3 is 0 Å². The van der Waals surface area contributed by atoms with Gasteiger partial charge in [-0.1, -0.05) is 13.8 Å². The lowest BCUT2D eigenvalue weighted by atomic mass is 10.1. The molecule has 0 aliphatic rings. The van der Waals surface area contributed by atoms with Crippen LogP contribution in [0.15, 0.2) is 24.3 Å². The van der Waals surface area contributed by atoms with Crippen molar-refractivity contribution in [3.05, 3.63) is 29.8 Å². The van der Waals surface area contributed by atoms with E-state index in [0.29, 0.717) is 11.5 Å².